The number of nitrogens with zero attached hydrogens (tertiary/aromatic N) is 1. The molecule has 1 atom stereocenters. The zero-order valence-corrected chi connectivity index (χ0v) is 18.0. The molecule has 1 aliphatic heterocycles. The first-order chi connectivity index (χ1) is 15.5. The van der Waals surface area contributed by atoms with Gasteiger partial charge in [0.1, 0.15) is 22.3 Å². The molecule has 0 fully saturated rings. The van der Waals surface area contributed by atoms with E-state index in [2.05, 4.69) is 6.07 Å². The molecule has 0 radical (unpaired) electrons. The fourth-order valence-electron chi connectivity index (χ4n) is 3.67. The van der Waals surface area contributed by atoms with Gasteiger partial charge in [-0.15, -0.1) is 0 Å². The van der Waals surface area contributed by atoms with E-state index >= 15 is 0 Å². The second kappa shape index (κ2) is 8.61. The van der Waals surface area contributed by atoms with Crippen LogP contribution in [0.2, 0.25) is 0 Å². The summed E-state index contributed by atoms with van der Waals surface area (Å²) in [5, 5.41) is 9.91. The van der Waals surface area contributed by atoms with Crippen LogP contribution in [0.3, 0.4) is 0 Å². The Kier molecular flexibility index (Phi) is 5.71. The first-order valence-electron chi connectivity index (χ1n) is 9.78. The molecule has 160 valence electrons. The van der Waals surface area contributed by atoms with E-state index in [1.807, 2.05) is 6.07 Å². The van der Waals surface area contributed by atoms with Gasteiger partial charge in [0.2, 0.25) is 15.7 Å². The molecule has 2 N–H and O–H groups in total. The number of allylic oxidation sites excluding steroid dienone is 2. The quantitative estimate of drug-likeness (QED) is 0.628. The van der Waals surface area contributed by atoms with Crippen LogP contribution in [0.25, 0.3) is 5.76 Å². The van der Waals surface area contributed by atoms with Gasteiger partial charge in [0, 0.05) is 5.56 Å². The SMILES string of the molecule is COc1cccc(C2C(C#N)=C(N)OC(c3ccccc3)=C2S(=O)(=O)c2ccccc2)c1. The summed E-state index contributed by atoms with van der Waals surface area (Å²) in [7, 11) is -2.55. The molecule has 6 nitrogen and oxygen atoms in total. The standard InChI is InChI=1S/C25H20N2O4S/c1-30-19-12-8-11-18(15-19)22-21(16-26)25(27)31-23(17-9-4-2-5-10-17)24(22)32(28,29)20-13-6-3-7-14-20/h2-15,22H,27H2,1H3. The first kappa shape index (κ1) is 21.2. The van der Waals surface area contributed by atoms with Crippen LogP contribution in [-0.4, -0.2) is 15.5 Å². The Hall–Kier alpha value is -4.02. The van der Waals surface area contributed by atoms with E-state index in [0.29, 0.717) is 16.9 Å². The number of methoxy groups -OCH3 is 1. The Morgan fingerprint density at radius 2 is 1.62 bits per heavy atom. The molecular formula is C25H20N2O4S. The van der Waals surface area contributed by atoms with Gasteiger partial charge in [0.15, 0.2) is 5.76 Å². The average Bonchev–Trinajstić information content (AvgIpc) is 2.84. The fraction of sp³-hybridized carbons (Fsp3) is 0.0800. The van der Waals surface area contributed by atoms with Crippen molar-refractivity contribution in [3.63, 3.8) is 0 Å². The van der Waals surface area contributed by atoms with Gasteiger partial charge in [-0.1, -0.05) is 60.7 Å². The lowest BCUT2D eigenvalue weighted by molar-refractivity contribution is 0.358. The minimum Gasteiger partial charge on any atom is -0.497 e. The van der Waals surface area contributed by atoms with E-state index in [4.69, 9.17) is 15.2 Å². The average molecular weight is 445 g/mol. The molecule has 7 heteroatoms. The summed E-state index contributed by atoms with van der Waals surface area (Å²) in [6.07, 6.45) is 0. The Bertz CT molecular complexity index is 1360. The number of hydrogen-bond acceptors (Lipinski definition) is 6. The van der Waals surface area contributed by atoms with Crippen LogP contribution in [0.4, 0.5) is 0 Å². The van der Waals surface area contributed by atoms with Crippen LogP contribution in [0.15, 0.2) is 106 Å². The third kappa shape index (κ3) is 3.72. The van der Waals surface area contributed by atoms with Crippen molar-refractivity contribution in [1.82, 2.24) is 0 Å². The lowest BCUT2D eigenvalue weighted by Gasteiger charge is -2.29. The number of ether oxygens (including phenoxy) is 2. The normalized spacial score (nSPS) is 16.3. The predicted octanol–water partition coefficient (Wildman–Crippen LogP) is 4.35. The summed E-state index contributed by atoms with van der Waals surface area (Å²) in [6.45, 7) is 0. The van der Waals surface area contributed by atoms with Crippen molar-refractivity contribution >= 4 is 15.6 Å². The smallest absolute Gasteiger partial charge is 0.207 e. The number of rotatable bonds is 5. The molecule has 0 aliphatic carbocycles. The maximum atomic E-state index is 13.9. The predicted molar refractivity (Wildman–Crippen MR) is 121 cm³/mol. The first-order valence-corrected chi connectivity index (χ1v) is 11.3. The highest BCUT2D eigenvalue weighted by Crippen LogP contribution is 2.46. The Labute approximate surface area is 186 Å². The zero-order valence-electron chi connectivity index (χ0n) is 17.2. The summed E-state index contributed by atoms with van der Waals surface area (Å²) in [5.41, 5.74) is 7.24. The van der Waals surface area contributed by atoms with Crippen LogP contribution in [-0.2, 0) is 14.6 Å². The number of benzene rings is 3. The summed E-state index contributed by atoms with van der Waals surface area (Å²) >= 11 is 0. The van der Waals surface area contributed by atoms with Crippen molar-refractivity contribution in [3.05, 3.63) is 112 Å². The molecule has 4 rings (SSSR count). The van der Waals surface area contributed by atoms with Gasteiger partial charge in [-0.3, -0.25) is 0 Å². The van der Waals surface area contributed by atoms with Crippen molar-refractivity contribution in [3.8, 4) is 11.8 Å². The van der Waals surface area contributed by atoms with Crippen LogP contribution in [0, 0.1) is 11.3 Å². The van der Waals surface area contributed by atoms with Crippen LogP contribution >= 0.6 is 0 Å². The van der Waals surface area contributed by atoms with E-state index in [1.165, 1.54) is 19.2 Å². The van der Waals surface area contributed by atoms with Gasteiger partial charge >= 0.3 is 0 Å². The molecule has 3 aromatic rings. The van der Waals surface area contributed by atoms with Crippen molar-refractivity contribution in [2.45, 2.75) is 10.8 Å². The Morgan fingerprint density at radius 1 is 0.969 bits per heavy atom. The van der Waals surface area contributed by atoms with Crippen molar-refractivity contribution in [2.24, 2.45) is 5.73 Å². The van der Waals surface area contributed by atoms with E-state index in [-0.39, 0.29) is 27.0 Å². The molecule has 32 heavy (non-hydrogen) atoms. The molecule has 1 unspecified atom stereocenters. The largest absolute Gasteiger partial charge is 0.497 e. The Balaban J connectivity index is 2.08. The zero-order chi connectivity index (χ0) is 22.7. The molecule has 1 heterocycles. The third-order valence-electron chi connectivity index (χ3n) is 5.18. The van der Waals surface area contributed by atoms with E-state index in [1.54, 1.807) is 66.7 Å². The Morgan fingerprint density at radius 3 is 2.25 bits per heavy atom. The van der Waals surface area contributed by atoms with E-state index < -0.39 is 15.8 Å². The van der Waals surface area contributed by atoms with Crippen LogP contribution < -0.4 is 10.5 Å². The van der Waals surface area contributed by atoms with Gasteiger partial charge in [-0.2, -0.15) is 5.26 Å². The highest BCUT2D eigenvalue weighted by molar-refractivity contribution is 7.95. The molecular weight excluding hydrogens is 424 g/mol. The number of nitrogens with two attached hydrogens (primary N) is 1. The van der Waals surface area contributed by atoms with Crippen LogP contribution in [0.1, 0.15) is 17.0 Å². The molecule has 0 saturated carbocycles. The molecule has 0 spiro atoms. The van der Waals surface area contributed by atoms with Crippen molar-refractivity contribution < 1.29 is 17.9 Å². The molecule has 3 aromatic carbocycles. The summed E-state index contributed by atoms with van der Waals surface area (Å²) < 4.78 is 39.0. The van der Waals surface area contributed by atoms with Gasteiger partial charge in [0.05, 0.1) is 17.9 Å². The van der Waals surface area contributed by atoms with E-state index in [0.717, 1.165) is 0 Å². The molecule has 1 aliphatic rings. The maximum Gasteiger partial charge on any atom is 0.207 e. The van der Waals surface area contributed by atoms with Crippen LogP contribution in [0.5, 0.6) is 5.75 Å². The maximum absolute atomic E-state index is 13.9. The summed E-state index contributed by atoms with van der Waals surface area (Å²) in [6, 6.07) is 25.9. The third-order valence-corrected chi connectivity index (χ3v) is 7.07. The van der Waals surface area contributed by atoms with Gasteiger partial charge in [-0.25, -0.2) is 8.42 Å². The minimum atomic E-state index is -4.07. The fourth-order valence-corrected chi connectivity index (χ4v) is 5.41. The molecule has 0 bridgehead atoms. The number of nitriles is 1. The monoisotopic (exact) mass is 444 g/mol. The molecule has 0 saturated heterocycles. The van der Waals surface area contributed by atoms with Gasteiger partial charge in [0.25, 0.3) is 0 Å². The molecule has 0 aromatic heterocycles. The number of hydrogen-bond donors (Lipinski definition) is 1. The summed E-state index contributed by atoms with van der Waals surface area (Å²) in [4.78, 5) is 0.0478. The topological polar surface area (TPSA) is 102 Å². The van der Waals surface area contributed by atoms with Gasteiger partial charge in [-0.05, 0) is 29.8 Å². The van der Waals surface area contributed by atoms with Crippen molar-refractivity contribution in [1.29, 1.82) is 5.26 Å². The van der Waals surface area contributed by atoms with E-state index in [9.17, 15) is 13.7 Å². The van der Waals surface area contributed by atoms with Gasteiger partial charge < -0.3 is 15.2 Å². The highest BCUT2D eigenvalue weighted by atomic mass is 32.2. The lowest BCUT2D eigenvalue weighted by atomic mass is 9.88. The second-order valence-electron chi connectivity index (χ2n) is 7.08. The lowest BCUT2D eigenvalue weighted by Crippen LogP contribution is -2.25. The second-order valence-corrected chi connectivity index (χ2v) is 9.00. The number of sulfone groups is 1. The highest BCUT2D eigenvalue weighted by Gasteiger charge is 2.41. The summed E-state index contributed by atoms with van der Waals surface area (Å²) in [5.74, 6) is -0.475. The minimum absolute atomic E-state index is 0.0208. The van der Waals surface area contributed by atoms with Crippen molar-refractivity contribution in [2.75, 3.05) is 7.11 Å². The molecule has 0 amide bonds.